The summed E-state index contributed by atoms with van der Waals surface area (Å²) in [6.45, 7) is 2.10. The molecule has 2 heteroatoms. The zero-order valence-electron chi connectivity index (χ0n) is 7.82. The molecule has 0 saturated heterocycles. The van der Waals surface area contributed by atoms with Crippen LogP contribution in [-0.4, -0.2) is 5.33 Å². The van der Waals surface area contributed by atoms with Gasteiger partial charge in [0.2, 0.25) is 0 Å². The molecule has 0 fully saturated rings. The first-order valence-electron chi connectivity index (χ1n) is 4.61. The van der Waals surface area contributed by atoms with E-state index in [9.17, 15) is 4.39 Å². The molecular weight excluding hydrogens is 231 g/mol. The normalized spacial score (nSPS) is 10.4. The topological polar surface area (TPSA) is 0 Å². The van der Waals surface area contributed by atoms with E-state index in [1.165, 1.54) is 11.6 Å². The molecule has 0 saturated carbocycles. The summed E-state index contributed by atoms with van der Waals surface area (Å²) in [7, 11) is 0. The standard InChI is InChI=1S/C11H14BrF/c1-2-9-5-6-11(13)8-10(9)4-3-7-12/h5-6,8H,2-4,7H2,1H3. The van der Waals surface area contributed by atoms with Gasteiger partial charge in [-0.1, -0.05) is 28.9 Å². The van der Waals surface area contributed by atoms with Gasteiger partial charge in [0, 0.05) is 5.33 Å². The molecule has 0 radical (unpaired) electrons. The van der Waals surface area contributed by atoms with Gasteiger partial charge in [0.1, 0.15) is 5.82 Å². The summed E-state index contributed by atoms with van der Waals surface area (Å²) >= 11 is 3.38. The Labute approximate surface area is 87.3 Å². The summed E-state index contributed by atoms with van der Waals surface area (Å²) in [6, 6.07) is 5.08. The SMILES string of the molecule is CCc1ccc(F)cc1CCCBr. The molecule has 0 N–H and O–H groups in total. The van der Waals surface area contributed by atoms with Crippen molar-refractivity contribution in [3.05, 3.63) is 35.1 Å². The van der Waals surface area contributed by atoms with E-state index >= 15 is 0 Å². The Morgan fingerprint density at radius 1 is 1.31 bits per heavy atom. The number of aryl methyl sites for hydroxylation is 2. The van der Waals surface area contributed by atoms with Crippen LogP contribution >= 0.6 is 15.9 Å². The lowest BCUT2D eigenvalue weighted by atomic mass is 10.0. The smallest absolute Gasteiger partial charge is 0.123 e. The van der Waals surface area contributed by atoms with Gasteiger partial charge in [-0.2, -0.15) is 0 Å². The van der Waals surface area contributed by atoms with Crippen LogP contribution in [-0.2, 0) is 12.8 Å². The van der Waals surface area contributed by atoms with Crippen molar-refractivity contribution in [2.24, 2.45) is 0 Å². The van der Waals surface area contributed by atoms with Gasteiger partial charge in [0.15, 0.2) is 0 Å². The first-order chi connectivity index (χ1) is 6.27. The lowest BCUT2D eigenvalue weighted by Gasteiger charge is -2.06. The molecule has 0 atom stereocenters. The van der Waals surface area contributed by atoms with Gasteiger partial charge in [0.25, 0.3) is 0 Å². The lowest BCUT2D eigenvalue weighted by Crippen LogP contribution is -1.94. The third-order valence-electron chi connectivity index (χ3n) is 2.13. The third-order valence-corrected chi connectivity index (χ3v) is 2.69. The molecule has 0 spiro atoms. The molecule has 0 aliphatic heterocycles. The monoisotopic (exact) mass is 244 g/mol. The quantitative estimate of drug-likeness (QED) is 0.709. The highest BCUT2D eigenvalue weighted by Crippen LogP contribution is 2.14. The van der Waals surface area contributed by atoms with Gasteiger partial charge < -0.3 is 0 Å². The fourth-order valence-corrected chi connectivity index (χ4v) is 1.71. The average molecular weight is 245 g/mol. The van der Waals surface area contributed by atoms with Crippen molar-refractivity contribution < 1.29 is 4.39 Å². The fourth-order valence-electron chi connectivity index (χ4n) is 1.43. The second kappa shape index (κ2) is 5.38. The van der Waals surface area contributed by atoms with Crippen molar-refractivity contribution >= 4 is 15.9 Å². The fraction of sp³-hybridized carbons (Fsp3) is 0.455. The summed E-state index contributed by atoms with van der Waals surface area (Å²) in [6.07, 6.45) is 3.01. The molecule has 0 bridgehead atoms. The van der Waals surface area contributed by atoms with E-state index in [-0.39, 0.29) is 5.82 Å². The second-order valence-corrected chi connectivity index (χ2v) is 3.85. The van der Waals surface area contributed by atoms with Gasteiger partial charge >= 0.3 is 0 Å². The summed E-state index contributed by atoms with van der Waals surface area (Å²) in [5.74, 6) is -0.123. The highest BCUT2D eigenvalue weighted by atomic mass is 79.9. The first kappa shape index (κ1) is 10.7. The largest absolute Gasteiger partial charge is 0.207 e. The molecule has 1 aromatic rings. The van der Waals surface area contributed by atoms with Crippen molar-refractivity contribution in [2.75, 3.05) is 5.33 Å². The number of benzene rings is 1. The van der Waals surface area contributed by atoms with E-state index in [1.54, 1.807) is 6.07 Å². The molecule has 0 amide bonds. The van der Waals surface area contributed by atoms with Crippen LogP contribution in [0.25, 0.3) is 0 Å². The Hall–Kier alpha value is -0.370. The van der Waals surface area contributed by atoms with Gasteiger partial charge in [-0.25, -0.2) is 4.39 Å². The van der Waals surface area contributed by atoms with Crippen LogP contribution in [0.5, 0.6) is 0 Å². The van der Waals surface area contributed by atoms with Gasteiger partial charge in [-0.3, -0.25) is 0 Å². The predicted octanol–water partition coefficient (Wildman–Crippen LogP) is 3.72. The Morgan fingerprint density at radius 3 is 2.69 bits per heavy atom. The first-order valence-corrected chi connectivity index (χ1v) is 5.73. The molecule has 0 aliphatic rings. The van der Waals surface area contributed by atoms with Crippen molar-refractivity contribution in [1.82, 2.24) is 0 Å². The maximum Gasteiger partial charge on any atom is 0.123 e. The van der Waals surface area contributed by atoms with Crippen molar-refractivity contribution in [3.8, 4) is 0 Å². The van der Waals surface area contributed by atoms with Gasteiger partial charge in [0.05, 0.1) is 0 Å². The summed E-state index contributed by atoms with van der Waals surface area (Å²) < 4.78 is 12.9. The van der Waals surface area contributed by atoms with Crippen molar-refractivity contribution in [2.45, 2.75) is 26.2 Å². The van der Waals surface area contributed by atoms with Crippen LogP contribution in [0, 0.1) is 5.82 Å². The highest BCUT2D eigenvalue weighted by molar-refractivity contribution is 9.09. The summed E-state index contributed by atoms with van der Waals surface area (Å²) in [4.78, 5) is 0. The van der Waals surface area contributed by atoms with E-state index in [0.29, 0.717) is 0 Å². The molecule has 0 unspecified atom stereocenters. The lowest BCUT2D eigenvalue weighted by molar-refractivity contribution is 0.624. The number of rotatable bonds is 4. The molecule has 1 rings (SSSR count). The molecule has 0 heterocycles. The summed E-state index contributed by atoms with van der Waals surface area (Å²) in [5.41, 5.74) is 2.42. The maximum atomic E-state index is 12.9. The number of alkyl halides is 1. The van der Waals surface area contributed by atoms with E-state index in [2.05, 4.69) is 22.9 Å². The minimum Gasteiger partial charge on any atom is -0.207 e. The van der Waals surface area contributed by atoms with Crippen LogP contribution in [0.1, 0.15) is 24.5 Å². The second-order valence-electron chi connectivity index (χ2n) is 3.06. The molecule has 0 aromatic heterocycles. The average Bonchev–Trinajstić information content (AvgIpc) is 2.15. The van der Waals surface area contributed by atoms with E-state index < -0.39 is 0 Å². The molecular formula is C11H14BrF. The minimum atomic E-state index is -0.123. The van der Waals surface area contributed by atoms with Gasteiger partial charge in [-0.05, 0) is 42.5 Å². The molecule has 13 heavy (non-hydrogen) atoms. The molecule has 1 aromatic carbocycles. The van der Waals surface area contributed by atoms with E-state index in [1.807, 2.05) is 6.07 Å². The van der Waals surface area contributed by atoms with E-state index in [4.69, 9.17) is 0 Å². The highest BCUT2D eigenvalue weighted by Gasteiger charge is 2.01. The molecule has 72 valence electrons. The van der Waals surface area contributed by atoms with Crippen molar-refractivity contribution in [3.63, 3.8) is 0 Å². The zero-order valence-corrected chi connectivity index (χ0v) is 9.40. The maximum absolute atomic E-state index is 12.9. The van der Waals surface area contributed by atoms with Crippen LogP contribution in [0.4, 0.5) is 4.39 Å². The zero-order chi connectivity index (χ0) is 9.68. The van der Waals surface area contributed by atoms with Crippen LogP contribution in [0.15, 0.2) is 18.2 Å². The predicted molar refractivity (Wildman–Crippen MR) is 57.9 cm³/mol. The number of hydrogen-bond acceptors (Lipinski definition) is 0. The number of halogens is 2. The van der Waals surface area contributed by atoms with Crippen LogP contribution < -0.4 is 0 Å². The minimum absolute atomic E-state index is 0.123. The molecule has 0 nitrogen and oxygen atoms in total. The Morgan fingerprint density at radius 2 is 2.08 bits per heavy atom. The van der Waals surface area contributed by atoms with Gasteiger partial charge in [-0.15, -0.1) is 0 Å². The van der Waals surface area contributed by atoms with E-state index in [0.717, 1.165) is 30.2 Å². The molecule has 0 aliphatic carbocycles. The van der Waals surface area contributed by atoms with Crippen LogP contribution in [0.2, 0.25) is 0 Å². The Bertz CT molecular complexity index is 271. The Balaban J connectivity index is 2.81. The van der Waals surface area contributed by atoms with Crippen LogP contribution in [0.3, 0.4) is 0 Å². The van der Waals surface area contributed by atoms with Crippen molar-refractivity contribution in [1.29, 1.82) is 0 Å². The third kappa shape index (κ3) is 3.11. The Kier molecular flexibility index (Phi) is 4.43. The summed E-state index contributed by atoms with van der Waals surface area (Å²) in [5, 5.41) is 0.979. The number of hydrogen-bond donors (Lipinski definition) is 0.